The van der Waals surface area contributed by atoms with Crippen LogP contribution in [0.25, 0.3) is 10.9 Å². The number of nitrogens with zero attached hydrogens (tertiary/aromatic N) is 2. The van der Waals surface area contributed by atoms with Crippen LogP contribution in [0.5, 0.6) is 5.75 Å². The van der Waals surface area contributed by atoms with E-state index < -0.39 is 0 Å². The highest BCUT2D eigenvalue weighted by atomic mass is 16.5. The summed E-state index contributed by atoms with van der Waals surface area (Å²) in [4.78, 5) is 19.7. The van der Waals surface area contributed by atoms with E-state index in [0.717, 1.165) is 44.6 Å². The number of rotatable bonds is 8. The summed E-state index contributed by atoms with van der Waals surface area (Å²) in [6, 6.07) is 24.0. The summed E-state index contributed by atoms with van der Waals surface area (Å²) in [5.41, 5.74) is 8.96. The minimum atomic E-state index is 0.172. The van der Waals surface area contributed by atoms with Crippen LogP contribution < -0.4 is 4.74 Å². The Morgan fingerprint density at radius 1 is 1.00 bits per heavy atom. The lowest BCUT2D eigenvalue weighted by Gasteiger charge is -2.41. The number of aromatic nitrogens is 1. The van der Waals surface area contributed by atoms with Gasteiger partial charge >= 0.3 is 0 Å². The molecule has 3 aromatic carbocycles. The van der Waals surface area contributed by atoms with E-state index in [-0.39, 0.29) is 6.04 Å². The zero-order chi connectivity index (χ0) is 25.1. The highest BCUT2D eigenvalue weighted by Crippen LogP contribution is 2.31. The second-order valence-electron chi connectivity index (χ2n) is 9.88. The monoisotopic (exact) mass is 481 g/mol. The Hall–Kier alpha value is -3.57. The molecule has 0 aliphatic carbocycles. The molecule has 5 rings (SSSR count). The van der Waals surface area contributed by atoms with E-state index in [4.69, 9.17) is 4.74 Å². The predicted molar refractivity (Wildman–Crippen MR) is 146 cm³/mol. The normalized spacial score (nSPS) is 16.4. The van der Waals surface area contributed by atoms with E-state index in [0.29, 0.717) is 6.54 Å². The Kier molecular flexibility index (Phi) is 7.10. The van der Waals surface area contributed by atoms with Crippen molar-refractivity contribution in [3.05, 3.63) is 100 Å². The van der Waals surface area contributed by atoms with Gasteiger partial charge < -0.3 is 14.6 Å². The third kappa shape index (κ3) is 5.02. The second-order valence-corrected chi connectivity index (χ2v) is 9.88. The molecule has 1 fully saturated rings. The smallest absolute Gasteiger partial charge is 0.209 e. The van der Waals surface area contributed by atoms with Crippen LogP contribution in [-0.4, -0.2) is 54.5 Å². The van der Waals surface area contributed by atoms with Crippen molar-refractivity contribution in [2.75, 3.05) is 33.3 Å². The number of carbonyl (C=O) groups excluding carboxylic acids is 1. The number of hydrogen-bond donors (Lipinski definition) is 1. The maximum absolute atomic E-state index is 11.7. The van der Waals surface area contributed by atoms with Gasteiger partial charge in [0.25, 0.3) is 0 Å². The molecule has 36 heavy (non-hydrogen) atoms. The van der Waals surface area contributed by atoms with Crippen molar-refractivity contribution < 1.29 is 9.53 Å². The summed E-state index contributed by atoms with van der Waals surface area (Å²) in [6.45, 7) is 7.60. The van der Waals surface area contributed by atoms with Crippen molar-refractivity contribution in [1.29, 1.82) is 0 Å². The van der Waals surface area contributed by atoms with Crippen LogP contribution in [0.3, 0.4) is 0 Å². The molecular formula is C31H35N3O2. The molecule has 0 bridgehead atoms. The molecule has 4 aromatic rings. The predicted octanol–water partition coefficient (Wildman–Crippen LogP) is 5.44. The highest BCUT2D eigenvalue weighted by Gasteiger charge is 2.29. The standard InChI is InChI=1S/C31H35N3O2/c1-22-23(2)32-30-12-11-25(19-29(22)30)17-26-8-4-5-10-28(26)31-20-33(21-35)15-16-34(31)14-13-24-7-6-9-27(18-24)36-3/h4-12,18-19,21,31-32H,13-17,20H2,1-3H3. The number of hydrogen-bond acceptors (Lipinski definition) is 3. The maximum Gasteiger partial charge on any atom is 0.209 e. The number of methoxy groups -OCH3 is 1. The van der Waals surface area contributed by atoms with Gasteiger partial charge in [-0.05, 0) is 78.8 Å². The van der Waals surface area contributed by atoms with Crippen molar-refractivity contribution in [3.8, 4) is 5.75 Å². The molecule has 1 saturated heterocycles. The van der Waals surface area contributed by atoms with Crippen molar-refractivity contribution in [2.45, 2.75) is 32.7 Å². The van der Waals surface area contributed by atoms with Crippen LogP contribution in [0.15, 0.2) is 66.7 Å². The van der Waals surface area contributed by atoms with Crippen molar-refractivity contribution in [3.63, 3.8) is 0 Å². The summed E-state index contributed by atoms with van der Waals surface area (Å²) in [6.07, 6.45) is 2.82. The van der Waals surface area contributed by atoms with Crippen molar-refractivity contribution in [1.82, 2.24) is 14.8 Å². The summed E-state index contributed by atoms with van der Waals surface area (Å²) in [5.74, 6) is 0.894. The van der Waals surface area contributed by atoms with Gasteiger partial charge in [-0.25, -0.2) is 0 Å². The van der Waals surface area contributed by atoms with Gasteiger partial charge in [0.05, 0.1) is 13.2 Å². The molecule has 5 nitrogen and oxygen atoms in total. The molecule has 1 atom stereocenters. The molecule has 0 radical (unpaired) electrons. The number of fused-ring (bicyclic) bond motifs is 1. The lowest BCUT2D eigenvalue weighted by Crippen LogP contribution is -2.48. The Bertz CT molecular complexity index is 1360. The number of aryl methyl sites for hydroxylation is 2. The molecule has 1 aliphatic rings. The number of carbonyl (C=O) groups is 1. The molecule has 2 heterocycles. The Labute approximate surface area is 213 Å². The molecule has 1 amide bonds. The fourth-order valence-corrected chi connectivity index (χ4v) is 5.46. The minimum absolute atomic E-state index is 0.172. The van der Waals surface area contributed by atoms with Crippen LogP contribution in [0.2, 0.25) is 0 Å². The summed E-state index contributed by atoms with van der Waals surface area (Å²) < 4.78 is 5.41. The molecular weight excluding hydrogens is 446 g/mol. The quantitative estimate of drug-likeness (QED) is 0.341. The molecule has 1 aromatic heterocycles. The lowest BCUT2D eigenvalue weighted by molar-refractivity contribution is -0.121. The third-order valence-corrected chi connectivity index (χ3v) is 7.67. The summed E-state index contributed by atoms with van der Waals surface area (Å²) in [7, 11) is 1.71. The number of benzene rings is 3. The zero-order valence-corrected chi connectivity index (χ0v) is 21.5. The highest BCUT2D eigenvalue weighted by molar-refractivity contribution is 5.85. The maximum atomic E-state index is 11.7. The number of ether oxygens (including phenoxy) is 1. The number of amides is 1. The first kappa shape index (κ1) is 24.1. The van der Waals surface area contributed by atoms with Crippen molar-refractivity contribution in [2.24, 2.45) is 0 Å². The van der Waals surface area contributed by atoms with E-state index in [1.54, 1.807) is 7.11 Å². The number of nitrogens with one attached hydrogen (secondary N) is 1. The Morgan fingerprint density at radius 3 is 2.69 bits per heavy atom. The van der Waals surface area contributed by atoms with E-state index in [1.165, 1.54) is 44.4 Å². The molecule has 1 N–H and O–H groups in total. The van der Waals surface area contributed by atoms with Gasteiger partial charge in [0.2, 0.25) is 6.41 Å². The minimum Gasteiger partial charge on any atom is -0.497 e. The summed E-state index contributed by atoms with van der Waals surface area (Å²) >= 11 is 0. The van der Waals surface area contributed by atoms with E-state index in [9.17, 15) is 4.79 Å². The van der Waals surface area contributed by atoms with Gasteiger partial charge in [-0.15, -0.1) is 0 Å². The lowest BCUT2D eigenvalue weighted by atomic mass is 9.92. The topological polar surface area (TPSA) is 48.6 Å². The third-order valence-electron chi connectivity index (χ3n) is 7.67. The zero-order valence-electron chi connectivity index (χ0n) is 21.5. The number of piperazine rings is 1. The molecule has 0 spiro atoms. The first-order chi connectivity index (χ1) is 17.6. The van der Waals surface area contributed by atoms with Gasteiger partial charge in [0, 0.05) is 42.8 Å². The van der Waals surface area contributed by atoms with Crippen molar-refractivity contribution >= 4 is 17.3 Å². The van der Waals surface area contributed by atoms with E-state index in [2.05, 4.69) is 84.4 Å². The Balaban J connectivity index is 1.41. The van der Waals surface area contributed by atoms with Gasteiger partial charge in [-0.3, -0.25) is 9.69 Å². The van der Waals surface area contributed by atoms with Crippen LogP contribution in [-0.2, 0) is 17.6 Å². The average molecular weight is 482 g/mol. The first-order valence-electron chi connectivity index (χ1n) is 12.8. The SMILES string of the molecule is COc1cccc(CCN2CCN(C=O)CC2c2ccccc2Cc2ccc3[nH]c(C)c(C)c3c2)c1. The molecule has 1 unspecified atom stereocenters. The average Bonchev–Trinajstić information content (AvgIpc) is 3.20. The van der Waals surface area contributed by atoms with Crippen LogP contribution in [0.4, 0.5) is 0 Å². The first-order valence-corrected chi connectivity index (χ1v) is 12.8. The number of aromatic amines is 1. The van der Waals surface area contributed by atoms with Gasteiger partial charge in [0.1, 0.15) is 5.75 Å². The second kappa shape index (κ2) is 10.6. The van der Waals surface area contributed by atoms with Gasteiger partial charge in [-0.2, -0.15) is 0 Å². The molecule has 5 heteroatoms. The molecule has 0 saturated carbocycles. The fourth-order valence-electron chi connectivity index (χ4n) is 5.46. The van der Waals surface area contributed by atoms with Crippen LogP contribution in [0.1, 0.15) is 39.6 Å². The van der Waals surface area contributed by atoms with Crippen LogP contribution in [0, 0.1) is 13.8 Å². The Morgan fingerprint density at radius 2 is 1.86 bits per heavy atom. The van der Waals surface area contributed by atoms with Gasteiger partial charge in [0.15, 0.2) is 0 Å². The molecule has 186 valence electrons. The van der Waals surface area contributed by atoms with E-state index >= 15 is 0 Å². The van der Waals surface area contributed by atoms with Gasteiger partial charge in [-0.1, -0.05) is 42.5 Å². The van der Waals surface area contributed by atoms with E-state index in [1.807, 2.05) is 11.0 Å². The largest absolute Gasteiger partial charge is 0.497 e. The fraction of sp³-hybridized carbons (Fsp3) is 0.323. The molecule has 1 aliphatic heterocycles. The number of H-pyrrole nitrogens is 1. The van der Waals surface area contributed by atoms with Crippen LogP contribution >= 0.6 is 0 Å². The summed E-state index contributed by atoms with van der Waals surface area (Å²) in [5, 5.41) is 1.30.